The third-order valence-electron chi connectivity index (χ3n) is 13.0. The highest BCUT2D eigenvalue weighted by molar-refractivity contribution is 6.18. The zero-order valence-electron chi connectivity index (χ0n) is 33.6. The zero-order valence-corrected chi connectivity index (χ0v) is 33.6. The number of hydrogen-bond donors (Lipinski definition) is 0. The molecule has 2 aliphatic carbocycles. The molecule has 11 aromatic rings. The highest BCUT2D eigenvalue weighted by atomic mass is 15.0. The van der Waals surface area contributed by atoms with Gasteiger partial charge in [-0.3, -0.25) is 0 Å². The van der Waals surface area contributed by atoms with E-state index in [1.165, 1.54) is 60.8 Å². The third kappa shape index (κ3) is 4.86. The van der Waals surface area contributed by atoms with Gasteiger partial charge in [0.25, 0.3) is 0 Å². The second kappa shape index (κ2) is 13.4. The average Bonchev–Trinajstić information content (AvgIpc) is 3.96. The van der Waals surface area contributed by atoms with E-state index in [9.17, 15) is 0 Å². The van der Waals surface area contributed by atoms with E-state index >= 15 is 0 Å². The van der Waals surface area contributed by atoms with Gasteiger partial charge in [-0.1, -0.05) is 188 Å². The van der Waals surface area contributed by atoms with Crippen molar-refractivity contribution in [2.45, 2.75) is 5.41 Å². The van der Waals surface area contributed by atoms with Crippen molar-refractivity contribution in [3.05, 3.63) is 241 Å². The Hall–Kier alpha value is -8.21. The van der Waals surface area contributed by atoms with E-state index in [4.69, 9.17) is 15.0 Å². The summed E-state index contributed by atoms with van der Waals surface area (Å²) in [6, 6.07) is 78.7. The lowest BCUT2D eigenvalue weighted by molar-refractivity contribution is 0.796. The smallest absolute Gasteiger partial charge is 0.164 e. The van der Waals surface area contributed by atoms with Gasteiger partial charge in [-0.05, 0) is 86.0 Å². The molecular weight excluding hydrogens is 753 g/mol. The molecule has 0 N–H and O–H groups in total. The normalized spacial score (nSPS) is 13.0. The van der Waals surface area contributed by atoms with Crippen molar-refractivity contribution < 1.29 is 0 Å². The first-order chi connectivity index (χ1) is 30.8. The molecule has 2 aromatic heterocycles. The van der Waals surface area contributed by atoms with Crippen molar-refractivity contribution >= 4 is 21.8 Å². The molecule has 0 bridgehead atoms. The Kier molecular flexibility index (Phi) is 7.49. The second-order valence-electron chi connectivity index (χ2n) is 16.3. The minimum atomic E-state index is -0.538. The van der Waals surface area contributed by atoms with Crippen LogP contribution in [-0.2, 0) is 5.41 Å². The quantitative estimate of drug-likeness (QED) is 0.174. The molecule has 0 atom stereocenters. The van der Waals surface area contributed by atoms with Gasteiger partial charge in [0, 0.05) is 33.2 Å². The van der Waals surface area contributed by atoms with Crippen LogP contribution in [0, 0.1) is 0 Å². The Labute approximate surface area is 359 Å². The molecule has 62 heavy (non-hydrogen) atoms. The number of aromatic nitrogens is 4. The number of benzene rings is 9. The van der Waals surface area contributed by atoms with Gasteiger partial charge in [0.2, 0.25) is 0 Å². The molecule has 4 heteroatoms. The molecule has 0 saturated carbocycles. The maximum Gasteiger partial charge on any atom is 0.164 e. The second-order valence-corrected chi connectivity index (χ2v) is 16.3. The van der Waals surface area contributed by atoms with Gasteiger partial charge in [0.15, 0.2) is 17.5 Å². The first-order valence-corrected chi connectivity index (χ1v) is 21.2. The van der Waals surface area contributed by atoms with Gasteiger partial charge in [-0.25, -0.2) is 15.0 Å². The minimum absolute atomic E-state index is 0.538. The summed E-state index contributed by atoms with van der Waals surface area (Å²) in [6.45, 7) is 0. The third-order valence-corrected chi connectivity index (χ3v) is 13.0. The lowest BCUT2D eigenvalue weighted by Gasteiger charge is -2.32. The monoisotopic (exact) mass is 788 g/mol. The van der Waals surface area contributed by atoms with E-state index < -0.39 is 5.41 Å². The van der Waals surface area contributed by atoms with Crippen LogP contribution in [0.4, 0.5) is 0 Å². The largest absolute Gasteiger partial charge is 0.309 e. The van der Waals surface area contributed by atoms with Gasteiger partial charge in [0.1, 0.15) is 0 Å². The van der Waals surface area contributed by atoms with Crippen molar-refractivity contribution in [1.29, 1.82) is 0 Å². The molecule has 0 unspecified atom stereocenters. The van der Waals surface area contributed by atoms with Crippen LogP contribution in [-0.4, -0.2) is 19.5 Å². The van der Waals surface area contributed by atoms with Crippen molar-refractivity contribution in [2.75, 3.05) is 0 Å². The zero-order chi connectivity index (χ0) is 40.8. The van der Waals surface area contributed by atoms with Crippen molar-refractivity contribution in [2.24, 2.45) is 0 Å². The standard InChI is InChI=1S/C58H36N4/c1-4-19-37(20-5-1)55-59-56(38-21-6-2-7-22-38)61-57(60-55)39-35-47(53-46-28-13-17-34-51(46)62(52(53)36-39)40-23-8-3-9-24-40)45-30-18-29-44-43-27-12-16-33-50(43)58(54(44)45)48-31-14-10-25-41(48)42-26-11-15-32-49(42)58/h1-36H. The summed E-state index contributed by atoms with van der Waals surface area (Å²) in [4.78, 5) is 15.7. The van der Waals surface area contributed by atoms with Crippen LogP contribution in [0.3, 0.4) is 0 Å². The summed E-state index contributed by atoms with van der Waals surface area (Å²) in [7, 11) is 0. The Morgan fingerprint density at radius 2 is 0.758 bits per heavy atom. The molecule has 9 aromatic carbocycles. The molecule has 288 valence electrons. The highest BCUT2D eigenvalue weighted by Gasteiger charge is 2.52. The summed E-state index contributed by atoms with van der Waals surface area (Å²) >= 11 is 0. The lowest BCUT2D eigenvalue weighted by Crippen LogP contribution is -2.26. The lowest BCUT2D eigenvalue weighted by atomic mass is 9.68. The minimum Gasteiger partial charge on any atom is -0.309 e. The highest BCUT2D eigenvalue weighted by Crippen LogP contribution is 2.64. The van der Waals surface area contributed by atoms with Gasteiger partial charge in [0.05, 0.1) is 16.4 Å². The van der Waals surface area contributed by atoms with E-state index in [0.29, 0.717) is 17.5 Å². The maximum atomic E-state index is 5.30. The molecule has 13 rings (SSSR count). The van der Waals surface area contributed by atoms with Gasteiger partial charge >= 0.3 is 0 Å². The molecule has 0 amide bonds. The fraction of sp³-hybridized carbons (Fsp3) is 0.0172. The fourth-order valence-corrected chi connectivity index (χ4v) is 10.6. The average molecular weight is 789 g/mol. The SMILES string of the molecule is c1ccc(-c2nc(-c3ccccc3)nc(-c3cc(-c4cccc5c4C4(c6ccccc6-c6ccccc64)c4ccccc4-5)c4c5ccccc5n(-c5ccccc5)c4c3)n2)cc1. The Bertz CT molecular complexity index is 3450. The molecule has 0 aliphatic heterocycles. The van der Waals surface area contributed by atoms with Crippen molar-refractivity contribution in [1.82, 2.24) is 19.5 Å². The molecule has 0 fully saturated rings. The van der Waals surface area contributed by atoms with E-state index in [-0.39, 0.29) is 0 Å². The summed E-state index contributed by atoms with van der Waals surface area (Å²) in [6.07, 6.45) is 0. The van der Waals surface area contributed by atoms with Crippen molar-refractivity contribution in [3.63, 3.8) is 0 Å². The van der Waals surface area contributed by atoms with E-state index in [1.54, 1.807) is 0 Å². The Balaban J connectivity index is 1.19. The predicted molar refractivity (Wildman–Crippen MR) is 252 cm³/mol. The Morgan fingerprint density at radius 3 is 1.34 bits per heavy atom. The molecule has 2 aliphatic rings. The first-order valence-electron chi connectivity index (χ1n) is 21.2. The van der Waals surface area contributed by atoms with E-state index in [2.05, 4.69) is 187 Å². The van der Waals surface area contributed by atoms with Gasteiger partial charge < -0.3 is 4.57 Å². The summed E-state index contributed by atoms with van der Waals surface area (Å²) in [5.41, 5.74) is 18.2. The summed E-state index contributed by atoms with van der Waals surface area (Å²) < 4.78 is 2.41. The molecular formula is C58H36N4. The van der Waals surface area contributed by atoms with Crippen molar-refractivity contribution in [3.8, 4) is 73.2 Å². The van der Waals surface area contributed by atoms with E-state index in [0.717, 1.165) is 39.0 Å². The predicted octanol–water partition coefficient (Wildman–Crippen LogP) is 14.0. The number of hydrogen-bond acceptors (Lipinski definition) is 3. The Morgan fingerprint density at radius 1 is 0.323 bits per heavy atom. The number of para-hydroxylation sites is 2. The van der Waals surface area contributed by atoms with Crippen LogP contribution < -0.4 is 0 Å². The van der Waals surface area contributed by atoms with Crippen LogP contribution in [0.2, 0.25) is 0 Å². The van der Waals surface area contributed by atoms with Crippen LogP contribution in [0.1, 0.15) is 22.3 Å². The molecule has 2 heterocycles. The first kappa shape index (κ1) is 34.6. The van der Waals surface area contributed by atoms with Crippen LogP contribution in [0.25, 0.3) is 95.0 Å². The molecule has 1 spiro atoms. The number of fused-ring (bicyclic) bond motifs is 13. The summed E-state index contributed by atoms with van der Waals surface area (Å²) in [5.74, 6) is 1.88. The number of nitrogens with zero attached hydrogens (tertiary/aromatic N) is 4. The van der Waals surface area contributed by atoms with Crippen LogP contribution >= 0.6 is 0 Å². The van der Waals surface area contributed by atoms with Gasteiger partial charge in [-0.2, -0.15) is 0 Å². The summed E-state index contributed by atoms with van der Waals surface area (Å²) in [5, 5.41) is 2.38. The van der Waals surface area contributed by atoms with Crippen LogP contribution in [0.15, 0.2) is 218 Å². The van der Waals surface area contributed by atoms with E-state index in [1.807, 2.05) is 36.4 Å². The molecule has 0 radical (unpaired) electrons. The van der Waals surface area contributed by atoms with Crippen LogP contribution in [0.5, 0.6) is 0 Å². The number of rotatable bonds is 5. The molecule has 4 nitrogen and oxygen atoms in total. The molecule has 0 saturated heterocycles. The fourth-order valence-electron chi connectivity index (χ4n) is 10.6. The van der Waals surface area contributed by atoms with Gasteiger partial charge in [-0.15, -0.1) is 0 Å². The maximum absolute atomic E-state index is 5.30. The topological polar surface area (TPSA) is 43.6 Å².